The van der Waals surface area contributed by atoms with Crippen molar-refractivity contribution in [1.29, 1.82) is 0 Å². The van der Waals surface area contributed by atoms with Crippen LogP contribution in [0.2, 0.25) is 0 Å². The fourth-order valence-corrected chi connectivity index (χ4v) is 1.43. The van der Waals surface area contributed by atoms with Gasteiger partial charge in [-0.1, -0.05) is 0 Å². The summed E-state index contributed by atoms with van der Waals surface area (Å²) in [5.41, 5.74) is 0. The number of carbonyl (C=O) groups is 3. The predicted molar refractivity (Wildman–Crippen MR) is 53.5 cm³/mol. The predicted octanol–water partition coefficient (Wildman–Crippen LogP) is 0.699. The molecule has 1 fully saturated rings. The Morgan fingerprint density at radius 1 is 1.12 bits per heavy atom. The molecule has 0 radical (unpaired) electrons. The summed E-state index contributed by atoms with van der Waals surface area (Å²) in [6.45, 7) is 3.04. The maximum atomic E-state index is 11.3. The van der Waals surface area contributed by atoms with E-state index < -0.39 is 24.5 Å². The van der Waals surface area contributed by atoms with Crippen molar-refractivity contribution in [2.75, 3.05) is 19.7 Å². The molecule has 1 amide bonds. The van der Waals surface area contributed by atoms with Crippen molar-refractivity contribution in [2.45, 2.75) is 26.2 Å². The Bertz CT molecular complexity index is 283. The number of esters is 2. The molecule has 0 atom stereocenters. The smallest absolute Gasteiger partial charge is 0.417 e. The van der Waals surface area contributed by atoms with Crippen molar-refractivity contribution < 1.29 is 23.9 Å². The van der Waals surface area contributed by atoms with Crippen molar-refractivity contribution in [3.63, 3.8) is 0 Å². The van der Waals surface area contributed by atoms with Crippen LogP contribution in [0.4, 0.5) is 4.79 Å². The van der Waals surface area contributed by atoms with Crippen LogP contribution < -0.4 is 0 Å². The molecule has 1 heterocycles. The molecule has 6 heteroatoms. The molecule has 90 valence electrons. The van der Waals surface area contributed by atoms with E-state index in [9.17, 15) is 14.4 Å². The van der Waals surface area contributed by atoms with Crippen LogP contribution in [-0.4, -0.2) is 42.6 Å². The number of rotatable bonds is 3. The van der Waals surface area contributed by atoms with Crippen molar-refractivity contribution in [1.82, 2.24) is 4.90 Å². The Labute approximate surface area is 93.5 Å². The summed E-state index contributed by atoms with van der Waals surface area (Å²) in [5, 5.41) is 0. The van der Waals surface area contributed by atoms with Crippen LogP contribution in [0.1, 0.15) is 26.2 Å². The fraction of sp³-hybridized carbons (Fsp3) is 0.700. The van der Waals surface area contributed by atoms with E-state index in [0.717, 1.165) is 12.8 Å². The van der Waals surface area contributed by atoms with E-state index in [1.54, 1.807) is 6.92 Å². The fourth-order valence-electron chi connectivity index (χ4n) is 1.43. The number of hydrogen-bond donors (Lipinski definition) is 0. The minimum atomic E-state index is -0.865. The average Bonchev–Trinajstić information content (AvgIpc) is 2.69. The summed E-state index contributed by atoms with van der Waals surface area (Å²) in [6.07, 6.45) is 0.641. The number of hydrogen-bond acceptors (Lipinski definition) is 5. The number of likely N-dealkylation sites (tertiary alicyclic amines) is 1. The van der Waals surface area contributed by atoms with Crippen LogP contribution in [0.25, 0.3) is 0 Å². The highest BCUT2D eigenvalue weighted by Crippen LogP contribution is 2.09. The number of amides is 1. The normalized spacial score (nSPS) is 14.7. The van der Waals surface area contributed by atoms with Gasteiger partial charge in [0.05, 0.1) is 6.61 Å². The van der Waals surface area contributed by atoms with Crippen LogP contribution in [-0.2, 0) is 19.1 Å². The summed E-state index contributed by atoms with van der Waals surface area (Å²) >= 11 is 0. The molecular weight excluding hydrogens is 214 g/mol. The molecule has 6 nitrogen and oxygen atoms in total. The van der Waals surface area contributed by atoms with Crippen LogP contribution in [0.3, 0.4) is 0 Å². The SMILES string of the molecule is CCOC(=O)CC(=O)OC(=O)N1CCCC1. The third-order valence-electron chi connectivity index (χ3n) is 2.16. The van der Waals surface area contributed by atoms with Gasteiger partial charge in [0.2, 0.25) is 0 Å². The van der Waals surface area contributed by atoms with Gasteiger partial charge in [0.25, 0.3) is 0 Å². The molecule has 1 aliphatic heterocycles. The van der Waals surface area contributed by atoms with E-state index in [4.69, 9.17) is 0 Å². The number of nitrogens with zero attached hydrogens (tertiary/aromatic N) is 1. The lowest BCUT2D eigenvalue weighted by molar-refractivity contribution is -0.151. The lowest BCUT2D eigenvalue weighted by atomic mass is 10.4. The second-order valence-electron chi connectivity index (χ2n) is 3.42. The van der Waals surface area contributed by atoms with Gasteiger partial charge in [-0.25, -0.2) is 4.79 Å². The minimum Gasteiger partial charge on any atom is -0.466 e. The molecule has 0 spiro atoms. The number of ether oxygens (including phenoxy) is 2. The summed E-state index contributed by atoms with van der Waals surface area (Å²) in [5.74, 6) is -1.54. The quantitative estimate of drug-likeness (QED) is 0.526. The zero-order chi connectivity index (χ0) is 12.0. The largest absolute Gasteiger partial charge is 0.466 e. The van der Waals surface area contributed by atoms with Crippen LogP contribution >= 0.6 is 0 Å². The van der Waals surface area contributed by atoms with Crippen LogP contribution in [0, 0.1) is 0 Å². The van der Waals surface area contributed by atoms with Gasteiger partial charge < -0.3 is 14.4 Å². The Kier molecular flexibility index (Phi) is 4.75. The Hall–Kier alpha value is -1.59. The Morgan fingerprint density at radius 2 is 1.75 bits per heavy atom. The standard InChI is InChI=1S/C10H15NO5/c1-2-15-8(12)7-9(13)16-10(14)11-5-3-4-6-11/h2-7H2,1H3. The molecule has 0 unspecified atom stereocenters. The molecule has 0 N–H and O–H groups in total. The maximum absolute atomic E-state index is 11.3. The first-order valence-corrected chi connectivity index (χ1v) is 5.28. The molecule has 0 saturated carbocycles. The molecular formula is C10H15NO5. The van der Waals surface area contributed by atoms with E-state index in [1.165, 1.54) is 4.90 Å². The second kappa shape index (κ2) is 6.09. The van der Waals surface area contributed by atoms with Gasteiger partial charge in [-0.3, -0.25) is 9.59 Å². The highest BCUT2D eigenvalue weighted by Gasteiger charge is 2.23. The van der Waals surface area contributed by atoms with Crippen LogP contribution in [0.5, 0.6) is 0 Å². The molecule has 0 bridgehead atoms. The summed E-state index contributed by atoms with van der Waals surface area (Å²) < 4.78 is 9.05. The lowest BCUT2D eigenvalue weighted by Gasteiger charge is -2.13. The zero-order valence-corrected chi connectivity index (χ0v) is 9.23. The first-order valence-electron chi connectivity index (χ1n) is 5.28. The van der Waals surface area contributed by atoms with Gasteiger partial charge >= 0.3 is 18.0 Å². The van der Waals surface area contributed by atoms with Crippen molar-refractivity contribution >= 4 is 18.0 Å². The first-order chi connectivity index (χ1) is 7.63. The third-order valence-corrected chi connectivity index (χ3v) is 2.16. The summed E-state index contributed by atoms with van der Waals surface area (Å²) in [6, 6.07) is 0. The summed E-state index contributed by atoms with van der Waals surface area (Å²) in [7, 11) is 0. The molecule has 0 aromatic heterocycles. The first kappa shape index (κ1) is 12.5. The van der Waals surface area contributed by atoms with Crippen molar-refractivity contribution in [3.8, 4) is 0 Å². The highest BCUT2D eigenvalue weighted by atomic mass is 16.6. The lowest BCUT2D eigenvalue weighted by Crippen LogP contribution is -2.31. The van der Waals surface area contributed by atoms with Gasteiger partial charge in [-0.2, -0.15) is 0 Å². The Morgan fingerprint density at radius 3 is 2.31 bits per heavy atom. The molecule has 1 saturated heterocycles. The second-order valence-corrected chi connectivity index (χ2v) is 3.42. The summed E-state index contributed by atoms with van der Waals surface area (Å²) in [4.78, 5) is 34.8. The van der Waals surface area contributed by atoms with E-state index in [0.29, 0.717) is 13.1 Å². The maximum Gasteiger partial charge on any atom is 0.417 e. The van der Waals surface area contributed by atoms with E-state index in [1.807, 2.05) is 0 Å². The monoisotopic (exact) mass is 229 g/mol. The molecule has 16 heavy (non-hydrogen) atoms. The van der Waals surface area contributed by atoms with Gasteiger partial charge in [-0.05, 0) is 19.8 Å². The zero-order valence-electron chi connectivity index (χ0n) is 9.23. The molecule has 1 aliphatic rings. The molecule has 1 rings (SSSR count). The average molecular weight is 229 g/mol. The van der Waals surface area contributed by atoms with Gasteiger partial charge in [-0.15, -0.1) is 0 Å². The van der Waals surface area contributed by atoms with Gasteiger partial charge in [0.15, 0.2) is 0 Å². The molecule has 0 aromatic rings. The molecule has 0 aromatic carbocycles. The van der Waals surface area contributed by atoms with Crippen molar-refractivity contribution in [2.24, 2.45) is 0 Å². The topological polar surface area (TPSA) is 72.9 Å². The van der Waals surface area contributed by atoms with Gasteiger partial charge in [0, 0.05) is 13.1 Å². The van der Waals surface area contributed by atoms with Crippen LogP contribution in [0.15, 0.2) is 0 Å². The third kappa shape index (κ3) is 3.88. The van der Waals surface area contributed by atoms with E-state index in [-0.39, 0.29) is 6.61 Å². The van der Waals surface area contributed by atoms with E-state index in [2.05, 4.69) is 9.47 Å². The van der Waals surface area contributed by atoms with Crippen molar-refractivity contribution in [3.05, 3.63) is 0 Å². The molecule has 0 aliphatic carbocycles. The minimum absolute atomic E-state index is 0.201. The van der Waals surface area contributed by atoms with Gasteiger partial charge in [0.1, 0.15) is 6.42 Å². The highest BCUT2D eigenvalue weighted by molar-refractivity contribution is 5.95. The van der Waals surface area contributed by atoms with E-state index >= 15 is 0 Å². The Balaban J connectivity index is 2.27. The number of carbonyl (C=O) groups excluding carboxylic acids is 3.